The molecule has 4 rings (SSSR count). The van der Waals surface area contributed by atoms with Crippen LogP contribution in [0.2, 0.25) is 0 Å². The number of piperidine rings is 1. The van der Waals surface area contributed by atoms with Gasteiger partial charge < -0.3 is 9.64 Å². The fourth-order valence-electron chi connectivity index (χ4n) is 4.90. The predicted octanol–water partition coefficient (Wildman–Crippen LogP) is 3.60. The molecule has 0 aliphatic carbocycles. The summed E-state index contributed by atoms with van der Waals surface area (Å²) in [5.74, 6) is 0.661. The molecule has 2 fully saturated rings. The lowest BCUT2D eigenvalue weighted by atomic mass is 9.68. The molecule has 2 aromatic rings. The summed E-state index contributed by atoms with van der Waals surface area (Å²) in [5, 5.41) is 4.42. The zero-order chi connectivity index (χ0) is 18.7. The van der Waals surface area contributed by atoms with Gasteiger partial charge in [-0.15, -0.1) is 0 Å². The van der Waals surface area contributed by atoms with Crippen LogP contribution in [-0.4, -0.2) is 55.6 Å². The lowest BCUT2D eigenvalue weighted by molar-refractivity contribution is -0.137. The number of hydrogen-bond acceptors (Lipinski definition) is 4. The molecule has 0 saturated carbocycles. The predicted molar refractivity (Wildman–Crippen MR) is 109 cm³/mol. The molecule has 144 valence electrons. The molecule has 2 aliphatic rings. The summed E-state index contributed by atoms with van der Waals surface area (Å²) in [4.78, 5) is 16.8. The van der Waals surface area contributed by atoms with Gasteiger partial charge in [0.1, 0.15) is 6.61 Å². The van der Waals surface area contributed by atoms with Gasteiger partial charge in [0, 0.05) is 45.8 Å². The Bertz CT molecular complexity index is 739. The first-order valence-corrected chi connectivity index (χ1v) is 10.7. The fraction of sp³-hybridized carbons (Fsp3) is 0.500. The second kappa shape index (κ2) is 8.13. The van der Waals surface area contributed by atoms with Crippen LogP contribution in [-0.2, 0) is 16.1 Å². The lowest BCUT2D eigenvalue weighted by Crippen LogP contribution is -2.47. The minimum absolute atomic E-state index is 0.122. The van der Waals surface area contributed by atoms with Crippen LogP contribution in [0.15, 0.2) is 47.2 Å². The van der Waals surface area contributed by atoms with Crippen LogP contribution >= 0.6 is 11.3 Å². The molecule has 0 radical (unpaired) electrons. The molecule has 1 amide bonds. The van der Waals surface area contributed by atoms with E-state index in [9.17, 15) is 4.79 Å². The number of carbonyl (C=O) groups excluding carboxylic acids is 1. The first-order valence-electron chi connectivity index (χ1n) is 9.75. The highest BCUT2D eigenvalue weighted by molar-refractivity contribution is 7.07. The minimum atomic E-state index is 0.122. The van der Waals surface area contributed by atoms with E-state index in [0.717, 1.165) is 45.6 Å². The van der Waals surface area contributed by atoms with E-state index in [0.29, 0.717) is 5.92 Å². The highest BCUT2D eigenvalue weighted by atomic mass is 32.1. The Morgan fingerprint density at radius 2 is 2.00 bits per heavy atom. The maximum absolute atomic E-state index is 12.2. The van der Waals surface area contributed by atoms with Crippen molar-refractivity contribution in [3.05, 3.63) is 58.3 Å². The lowest BCUT2D eigenvalue weighted by Gasteiger charge is -2.43. The number of carbonyl (C=O) groups is 1. The molecule has 1 unspecified atom stereocenters. The first-order chi connectivity index (χ1) is 13.2. The third kappa shape index (κ3) is 3.96. The summed E-state index contributed by atoms with van der Waals surface area (Å²) in [6, 6.07) is 13.2. The van der Waals surface area contributed by atoms with E-state index in [1.807, 2.05) is 4.90 Å². The maximum Gasteiger partial charge on any atom is 0.248 e. The normalized spacial score (nSPS) is 22.4. The number of amides is 1. The van der Waals surface area contributed by atoms with E-state index in [1.165, 1.54) is 11.1 Å². The molecule has 1 spiro atoms. The van der Waals surface area contributed by atoms with E-state index >= 15 is 0 Å². The van der Waals surface area contributed by atoms with Gasteiger partial charge >= 0.3 is 0 Å². The van der Waals surface area contributed by atoms with E-state index in [-0.39, 0.29) is 17.9 Å². The van der Waals surface area contributed by atoms with Crippen molar-refractivity contribution >= 4 is 17.2 Å². The van der Waals surface area contributed by atoms with Gasteiger partial charge in [-0.1, -0.05) is 30.3 Å². The van der Waals surface area contributed by atoms with Gasteiger partial charge in [0.05, 0.1) is 0 Å². The van der Waals surface area contributed by atoms with Crippen LogP contribution in [0, 0.1) is 5.41 Å². The number of benzene rings is 1. The highest BCUT2D eigenvalue weighted by Gasteiger charge is 2.48. The average molecular weight is 385 g/mol. The molecule has 1 aromatic heterocycles. The summed E-state index contributed by atoms with van der Waals surface area (Å²) in [6.45, 7) is 5.14. The molecule has 2 saturated heterocycles. The van der Waals surface area contributed by atoms with Gasteiger partial charge in [-0.2, -0.15) is 11.3 Å². The van der Waals surface area contributed by atoms with Crippen LogP contribution in [0.1, 0.15) is 29.9 Å². The minimum Gasteiger partial charge on any atom is -0.375 e. The Hall–Kier alpha value is -1.69. The van der Waals surface area contributed by atoms with E-state index in [1.54, 1.807) is 18.4 Å². The molecule has 0 N–H and O–H groups in total. The van der Waals surface area contributed by atoms with Crippen LogP contribution in [0.25, 0.3) is 0 Å². The number of hydrogen-bond donors (Lipinski definition) is 0. The van der Waals surface area contributed by atoms with Crippen LogP contribution in [0.3, 0.4) is 0 Å². The standard InChI is InChI=1S/C22H28N2O2S/c1-26-15-21(25)24-10-8-22(9-11-24)17-23(13-18-7-12-27-16-18)14-20(22)19-5-3-2-4-6-19/h2-7,12,16,20H,8-11,13-15,17H2,1H3. The average Bonchev–Trinajstić information content (AvgIpc) is 3.32. The molecular weight excluding hydrogens is 356 g/mol. The molecule has 5 heteroatoms. The second-order valence-electron chi connectivity index (χ2n) is 7.94. The third-order valence-electron chi connectivity index (χ3n) is 6.29. The highest BCUT2D eigenvalue weighted by Crippen LogP contribution is 2.50. The van der Waals surface area contributed by atoms with Gasteiger partial charge in [-0.05, 0) is 46.2 Å². The molecule has 4 nitrogen and oxygen atoms in total. The largest absolute Gasteiger partial charge is 0.375 e. The molecule has 2 aliphatic heterocycles. The van der Waals surface area contributed by atoms with E-state index < -0.39 is 0 Å². The Morgan fingerprint density at radius 1 is 1.22 bits per heavy atom. The molecule has 1 aromatic carbocycles. The summed E-state index contributed by atoms with van der Waals surface area (Å²) in [6.07, 6.45) is 2.14. The van der Waals surface area contributed by atoms with Crippen molar-refractivity contribution in [1.82, 2.24) is 9.80 Å². The number of methoxy groups -OCH3 is 1. The maximum atomic E-state index is 12.2. The number of likely N-dealkylation sites (tertiary alicyclic amines) is 2. The van der Waals surface area contributed by atoms with Crippen LogP contribution < -0.4 is 0 Å². The Kier molecular flexibility index (Phi) is 5.62. The zero-order valence-electron chi connectivity index (χ0n) is 16.0. The summed E-state index contributed by atoms with van der Waals surface area (Å²) < 4.78 is 5.04. The molecule has 1 atom stereocenters. The van der Waals surface area contributed by atoms with Crippen molar-refractivity contribution in [2.24, 2.45) is 5.41 Å². The molecule has 0 bridgehead atoms. The van der Waals surface area contributed by atoms with Crippen molar-refractivity contribution in [2.45, 2.75) is 25.3 Å². The Morgan fingerprint density at radius 3 is 2.67 bits per heavy atom. The number of ether oxygens (including phenoxy) is 1. The number of rotatable bonds is 5. The SMILES string of the molecule is COCC(=O)N1CCC2(CC1)CN(Cc1ccsc1)CC2c1ccccc1. The van der Waals surface area contributed by atoms with Crippen molar-refractivity contribution in [3.63, 3.8) is 0 Å². The first kappa shape index (κ1) is 18.7. The second-order valence-corrected chi connectivity index (χ2v) is 8.72. The molecule has 27 heavy (non-hydrogen) atoms. The van der Waals surface area contributed by atoms with Gasteiger partial charge in [-0.25, -0.2) is 0 Å². The van der Waals surface area contributed by atoms with E-state index in [4.69, 9.17) is 4.74 Å². The van der Waals surface area contributed by atoms with Crippen LogP contribution in [0.5, 0.6) is 0 Å². The van der Waals surface area contributed by atoms with E-state index in [2.05, 4.69) is 52.1 Å². The monoisotopic (exact) mass is 384 g/mol. The summed E-state index contributed by atoms with van der Waals surface area (Å²) >= 11 is 1.77. The van der Waals surface area contributed by atoms with Gasteiger partial charge in [0.15, 0.2) is 0 Å². The van der Waals surface area contributed by atoms with Crippen molar-refractivity contribution < 1.29 is 9.53 Å². The summed E-state index contributed by atoms with van der Waals surface area (Å²) in [7, 11) is 1.59. The quantitative estimate of drug-likeness (QED) is 0.790. The van der Waals surface area contributed by atoms with Gasteiger partial charge in [-0.3, -0.25) is 9.69 Å². The molecule has 3 heterocycles. The van der Waals surface area contributed by atoms with Crippen molar-refractivity contribution in [2.75, 3.05) is 39.9 Å². The number of nitrogens with zero attached hydrogens (tertiary/aromatic N) is 2. The topological polar surface area (TPSA) is 32.8 Å². The van der Waals surface area contributed by atoms with Crippen LogP contribution in [0.4, 0.5) is 0 Å². The van der Waals surface area contributed by atoms with Crippen molar-refractivity contribution in [3.8, 4) is 0 Å². The fourth-order valence-corrected chi connectivity index (χ4v) is 5.56. The Labute approximate surface area is 165 Å². The summed E-state index contributed by atoms with van der Waals surface area (Å²) in [5.41, 5.74) is 3.12. The van der Waals surface area contributed by atoms with Crippen molar-refractivity contribution in [1.29, 1.82) is 0 Å². The third-order valence-corrected chi connectivity index (χ3v) is 7.02. The van der Waals surface area contributed by atoms with Gasteiger partial charge in [0.25, 0.3) is 0 Å². The van der Waals surface area contributed by atoms with Gasteiger partial charge in [0.2, 0.25) is 5.91 Å². The smallest absolute Gasteiger partial charge is 0.248 e. The molecular formula is C22H28N2O2S. The zero-order valence-corrected chi connectivity index (χ0v) is 16.8. The Balaban J connectivity index is 1.52. The number of thiophene rings is 1.